The molecule has 0 spiro atoms. The minimum atomic E-state index is -0.155. The summed E-state index contributed by atoms with van der Waals surface area (Å²) >= 11 is 0. The number of hydrogen-bond acceptors (Lipinski definition) is 1. The smallest absolute Gasteiger partial charge is 0.132 e. The van der Waals surface area contributed by atoms with Crippen LogP contribution in [-0.2, 0) is 11.2 Å². The number of carbonyl (C=O) groups excluding carboxylic acids is 1. The number of rotatable bonds is 8. The molecule has 0 aliphatic rings. The van der Waals surface area contributed by atoms with Crippen molar-refractivity contribution in [1.29, 1.82) is 0 Å². The number of ketones is 1. The van der Waals surface area contributed by atoms with Gasteiger partial charge < -0.3 is 0 Å². The third kappa shape index (κ3) is 6.72. The zero-order chi connectivity index (χ0) is 17.1. The fourth-order valence-electron chi connectivity index (χ4n) is 2.93. The molecule has 2 heteroatoms. The van der Waals surface area contributed by atoms with Gasteiger partial charge in [0.15, 0.2) is 0 Å². The van der Waals surface area contributed by atoms with Gasteiger partial charge in [0.1, 0.15) is 11.6 Å². The Bertz CT molecular complexity index is 435. The van der Waals surface area contributed by atoms with E-state index in [1.165, 1.54) is 6.07 Å². The van der Waals surface area contributed by atoms with Crippen molar-refractivity contribution in [3.63, 3.8) is 0 Å². The molecular formula is C20H33FO. The lowest BCUT2D eigenvalue weighted by Crippen LogP contribution is -2.20. The molecule has 1 aromatic rings. The average molecular weight is 308 g/mol. The predicted octanol–water partition coefficient (Wildman–Crippen LogP) is 6.12. The average Bonchev–Trinajstić information content (AvgIpc) is 2.53. The molecule has 0 saturated heterocycles. The van der Waals surface area contributed by atoms with Crippen LogP contribution >= 0.6 is 0 Å². The normalized spacial score (nSPS) is 11.8. The van der Waals surface area contributed by atoms with Crippen molar-refractivity contribution in [1.82, 2.24) is 0 Å². The first-order chi connectivity index (χ1) is 10.5. The molecule has 1 atom stereocenters. The highest BCUT2D eigenvalue weighted by Crippen LogP contribution is 2.27. The van der Waals surface area contributed by atoms with Gasteiger partial charge in [-0.1, -0.05) is 59.6 Å². The Kier molecular flexibility index (Phi) is 10.8. The van der Waals surface area contributed by atoms with Crippen molar-refractivity contribution in [3.05, 3.63) is 35.1 Å². The van der Waals surface area contributed by atoms with Gasteiger partial charge in [-0.15, -0.1) is 0 Å². The SMILES string of the molecule is CC.CCC(=O)CC(Cc1ccc(F)c(C)c1)C(CC)CC. The third-order valence-corrected chi connectivity index (χ3v) is 4.32. The van der Waals surface area contributed by atoms with Crippen molar-refractivity contribution >= 4 is 5.78 Å². The highest BCUT2D eigenvalue weighted by Gasteiger charge is 2.21. The Labute approximate surface area is 136 Å². The molecule has 1 unspecified atom stereocenters. The Morgan fingerprint density at radius 1 is 1.09 bits per heavy atom. The van der Waals surface area contributed by atoms with Gasteiger partial charge in [0.2, 0.25) is 0 Å². The van der Waals surface area contributed by atoms with Gasteiger partial charge in [0.25, 0.3) is 0 Å². The van der Waals surface area contributed by atoms with Crippen LogP contribution in [0.15, 0.2) is 18.2 Å². The van der Waals surface area contributed by atoms with Crippen molar-refractivity contribution in [2.75, 3.05) is 0 Å². The van der Waals surface area contributed by atoms with E-state index in [0.29, 0.717) is 36.0 Å². The number of benzene rings is 1. The van der Waals surface area contributed by atoms with E-state index in [0.717, 1.165) is 24.8 Å². The maximum absolute atomic E-state index is 13.3. The van der Waals surface area contributed by atoms with Crippen molar-refractivity contribution in [2.24, 2.45) is 11.8 Å². The molecule has 22 heavy (non-hydrogen) atoms. The van der Waals surface area contributed by atoms with E-state index in [4.69, 9.17) is 0 Å². The summed E-state index contributed by atoms with van der Waals surface area (Å²) in [5.41, 5.74) is 1.83. The molecule has 0 aliphatic carbocycles. The Morgan fingerprint density at radius 2 is 1.68 bits per heavy atom. The molecule has 0 radical (unpaired) electrons. The quantitative estimate of drug-likeness (QED) is 0.565. The molecule has 0 saturated carbocycles. The molecule has 0 amide bonds. The zero-order valence-corrected chi connectivity index (χ0v) is 15.2. The highest BCUT2D eigenvalue weighted by atomic mass is 19.1. The monoisotopic (exact) mass is 308 g/mol. The van der Waals surface area contributed by atoms with Crippen LogP contribution in [0.5, 0.6) is 0 Å². The van der Waals surface area contributed by atoms with Gasteiger partial charge in [-0.2, -0.15) is 0 Å². The first-order valence-corrected chi connectivity index (χ1v) is 8.78. The molecule has 0 N–H and O–H groups in total. The van der Waals surface area contributed by atoms with E-state index < -0.39 is 0 Å². The van der Waals surface area contributed by atoms with Crippen molar-refractivity contribution in [2.45, 2.75) is 73.6 Å². The second-order valence-electron chi connectivity index (χ2n) is 5.72. The topological polar surface area (TPSA) is 17.1 Å². The van der Waals surface area contributed by atoms with E-state index in [9.17, 15) is 9.18 Å². The Balaban J connectivity index is 0.00000211. The van der Waals surface area contributed by atoms with E-state index in [-0.39, 0.29) is 5.82 Å². The molecule has 1 aromatic carbocycles. The van der Waals surface area contributed by atoms with Crippen LogP contribution in [0.4, 0.5) is 4.39 Å². The van der Waals surface area contributed by atoms with E-state index in [1.54, 1.807) is 6.92 Å². The van der Waals surface area contributed by atoms with Gasteiger partial charge in [0, 0.05) is 12.8 Å². The third-order valence-electron chi connectivity index (χ3n) is 4.32. The molecule has 0 bridgehead atoms. The number of Topliss-reactive ketones (excluding diaryl/α,β-unsaturated/α-hetero) is 1. The minimum absolute atomic E-state index is 0.155. The fraction of sp³-hybridized carbons (Fsp3) is 0.650. The summed E-state index contributed by atoms with van der Waals surface area (Å²) in [6.07, 6.45) is 4.33. The summed E-state index contributed by atoms with van der Waals surface area (Å²) in [6.45, 7) is 12.1. The summed E-state index contributed by atoms with van der Waals surface area (Å²) < 4.78 is 13.3. The number of hydrogen-bond donors (Lipinski definition) is 0. The first kappa shape index (κ1) is 20.8. The number of carbonyl (C=O) groups is 1. The summed E-state index contributed by atoms with van der Waals surface area (Å²) in [4.78, 5) is 11.8. The minimum Gasteiger partial charge on any atom is -0.300 e. The van der Waals surface area contributed by atoms with Gasteiger partial charge in [0.05, 0.1) is 0 Å². The summed E-state index contributed by atoms with van der Waals surface area (Å²) in [6, 6.07) is 5.31. The standard InChI is InChI=1S/C18H27FO.C2H6/c1-5-15(6-2)16(12-17(20)7-3)11-14-8-9-18(19)13(4)10-14;1-2/h8-10,15-16H,5-7,11-12H2,1-4H3;1-2H3. The molecule has 1 nitrogen and oxygen atoms in total. The van der Waals surface area contributed by atoms with Crippen LogP contribution in [-0.4, -0.2) is 5.78 Å². The number of halogens is 1. The van der Waals surface area contributed by atoms with Crippen LogP contribution in [0.3, 0.4) is 0 Å². The lowest BCUT2D eigenvalue weighted by Gasteiger charge is -2.25. The molecular weight excluding hydrogens is 275 g/mol. The highest BCUT2D eigenvalue weighted by molar-refractivity contribution is 5.78. The molecule has 0 aromatic heterocycles. The molecule has 0 fully saturated rings. The largest absolute Gasteiger partial charge is 0.300 e. The van der Waals surface area contributed by atoms with Gasteiger partial charge in [-0.05, 0) is 42.4 Å². The van der Waals surface area contributed by atoms with Crippen LogP contribution in [0.25, 0.3) is 0 Å². The summed E-state index contributed by atoms with van der Waals surface area (Å²) in [5.74, 6) is 1.12. The van der Waals surface area contributed by atoms with E-state index >= 15 is 0 Å². The van der Waals surface area contributed by atoms with Crippen LogP contribution in [0.1, 0.15) is 71.4 Å². The van der Waals surface area contributed by atoms with Gasteiger partial charge in [-0.25, -0.2) is 4.39 Å². The maximum atomic E-state index is 13.3. The first-order valence-electron chi connectivity index (χ1n) is 8.78. The maximum Gasteiger partial charge on any atom is 0.132 e. The summed E-state index contributed by atoms with van der Waals surface area (Å²) in [5, 5.41) is 0. The molecule has 0 heterocycles. The van der Waals surface area contributed by atoms with Gasteiger partial charge in [-0.3, -0.25) is 4.79 Å². The van der Waals surface area contributed by atoms with Crippen LogP contribution in [0, 0.1) is 24.6 Å². The van der Waals surface area contributed by atoms with E-state index in [1.807, 2.05) is 32.9 Å². The van der Waals surface area contributed by atoms with Crippen molar-refractivity contribution in [3.8, 4) is 0 Å². The second-order valence-corrected chi connectivity index (χ2v) is 5.72. The van der Waals surface area contributed by atoms with Gasteiger partial charge >= 0.3 is 0 Å². The zero-order valence-electron chi connectivity index (χ0n) is 15.2. The van der Waals surface area contributed by atoms with Crippen LogP contribution in [0.2, 0.25) is 0 Å². The van der Waals surface area contributed by atoms with Crippen molar-refractivity contribution < 1.29 is 9.18 Å². The lowest BCUT2D eigenvalue weighted by molar-refractivity contribution is -0.120. The van der Waals surface area contributed by atoms with Crippen LogP contribution < -0.4 is 0 Å². The molecule has 126 valence electrons. The molecule has 1 rings (SSSR count). The summed E-state index contributed by atoms with van der Waals surface area (Å²) in [7, 11) is 0. The fourth-order valence-corrected chi connectivity index (χ4v) is 2.93. The van der Waals surface area contributed by atoms with E-state index in [2.05, 4.69) is 13.8 Å². The second kappa shape index (κ2) is 11.4. The predicted molar refractivity (Wildman–Crippen MR) is 93.7 cm³/mol. The molecule has 0 aliphatic heterocycles. The Morgan fingerprint density at radius 3 is 2.14 bits per heavy atom. The Hall–Kier alpha value is -1.18. The number of aryl methyl sites for hydroxylation is 1. The lowest BCUT2D eigenvalue weighted by atomic mass is 9.80.